The van der Waals surface area contributed by atoms with Gasteiger partial charge in [0.25, 0.3) is 0 Å². The molecule has 0 bridgehead atoms. The van der Waals surface area contributed by atoms with Gasteiger partial charge in [-0.15, -0.1) is 0 Å². The van der Waals surface area contributed by atoms with E-state index in [2.05, 4.69) is 31.4 Å². The van der Waals surface area contributed by atoms with Gasteiger partial charge in [-0.25, -0.2) is 0 Å². The Labute approximate surface area is 132 Å². The van der Waals surface area contributed by atoms with Gasteiger partial charge in [0.1, 0.15) is 0 Å². The van der Waals surface area contributed by atoms with E-state index in [0.29, 0.717) is 11.6 Å². The van der Waals surface area contributed by atoms with Crippen molar-refractivity contribution >= 4 is 17.5 Å². The summed E-state index contributed by atoms with van der Waals surface area (Å²) in [6, 6.07) is 7.75. The van der Waals surface area contributed by atoms with Gasteiger partial charge in [0.2, 0.25) is 0 Å². The molecule has 0 saturated heterocycles. The molecule has 2 amide bonds. The minimum Gasteiger partial charge on any atom is -0.345 e. The summed E-state index contributed by atoms with van der Waals surface area (Å²) in [4.78, 5) is 23.9. The van der Waals surface area contributed by atoms with Crippen LogP contribution in [0.25, 0.3) is 0 Å². The van der Waals surface area contributed by atoms with Crippen LogP contribution in [0, 0.1) is 5.92 Å². The molecule has 2 N–H and O–H groups in total. The highest BCUT2D eigenvalue weighted by Gasteiger charge is 2.22. The molecular weight excluding hydrogens is 276 g/mol. The first-order chi connectivity index (χ1) is 10.5. The third-order valence-corrected chi connectivity index (χ3v) is 4.39. The Balaban J connectivity index is 1.84. The Bertz CT molecular complexity index is 514. The zero-order valence-corrected chi connectivity index (χ0v) is 13.7. The van der Waals surface area contributed by atoms with E-state index in [4.69, 9.17) is 0 Å². The molecule has 0 atom stereocenters. The van der Waals surface area contributed by atoms with Crippen LogP contribution in [-0.2, 0) is 9.59 Å². The number of carbonyl (C=O) groups excluding carboxylic acids is 2. The predicted molar refractivity (Wildman–Crippen MR) is 88.7 cm³/mol. The van der Waals surface area contributed by atoms with Crippen molar-refractivity contribution in [1.29, 1.82) is 0 Å². The first-order valence-electron chi connectivity index (χ1n) is 8.17. The van der Waals surface area contributed by atoms with Crippen LogP contribution in [0.4, 0.5) is 5.69 Å². The van der Waals surface area contributed by atoms with Crippen LogP contribution < -0.4 is 10.6 Å². The van der Waals surface area contributed by atoms with Gasteiger partial charge >= 0.3 is 11.8 Å². The highest BCUT2D eigenvalue weighted by molar-refractivity contribution is 6.39. The monoisotopic (exact) mass is 302 g/mol. The fourth-order valence-corrected chi connectivity index (χ4v) is 2.79. The van der Waals surface area contributed by atoms with Crippen molar-refractivity contribution in [3.63, 3.8) is 0 Å². The highest BCUT2D eigenvalue weighted by Crippen LogP contribution is 2.23. The Morgan fingerprint density at radius 2 is 1.59 bits per heavy atom. The van der Waals surface area contributed by atoms with Gasteiger partial charge in [0.15, 0.2) is 0 Å². The molecule has 22 heavy (non-hydrogen) atoms. The van der Waals surface area contributed by atoms with Crippen molar-refractivity contribution in [3.05, 3.63) is 29.8 Å². The zero-order chi connectivity index (χ0) is 16.1. The lowest BCUT2D eigenvalue weighted by Gasteiger charge is -2.26. The van der Waals surface area contributed by atoms with E-state index < -0.39 is 11.8 Å². The minimum atomic E-state index is -0.587. The van der Waals surface area contributed by atoms with Crippen LogP contribution in [0.2, 0.25) is 0 Å². The predicted octanol–water partition coefficient (Wildman–Crippen LogP) is 3.44. The summed E-state index contributed by atoms with van der Waals surface area (Å²) < 4.78 is 0. The molecule has 0 spiro atoms. The van der Waals surface area contributed by atoms with Crippen molar-refractivity contribution < 1.29 is 9.59 Å². The first kappa shape index (κ1) is 16.5. The molecule has 0 heterocycles. The topological polar surface area (TPSA) is 58.2 Å². The normalized spacial score (nSPS) is 21.5. The second-order valence-corrected chi connectivity index (χ2v) is 6.66. The van der Waals surface area contributed by atoms with E-state index in [1.807, 2.05) is 24.3 Å². The summed E-state index contributed by atoms with van der Waals surface area (Å²) in [5.41, 5.74) is 1.86. The maximum absolute atomic E-state index is 11.9. The summed E-state index contributed by atoms with van der Waals surface area (Å²) in [5, 5.41) is 5.49. The summed E-state index contributed by atoms with van der Waals surface area (Å²) >= 11 is 0. The molecule has 4 nitrogen and oxygen atoms in total. The molecule has 0 aromatic heterocycles. The second kappa shape index (κ2) is 7.43. The molecule has 4 heteroatoms. The number of amides is 2. The van der Waals surface area contributed by atoms with Gasteiger partial charge < -0.3 is 10.6 Å². The molecule has 0 aliphatic heterocycles. The zero-order valence-electron chi connectivity index (χ0n) is 13.7. The van der Waals surface area contributed by atoms with Crippen molar-refractivity contribution in [2.75, 3.05) is 5.32 Å². The van der Waals surface area contributed by atoms with Gasteiger partial charge in [0.05, 0.1) is 0 Å². The summed E-state index contributed by atoms with van der Waals surface area (Å²) in [5.74, 6) is 0.0478. The fourth-order valence-electron chi connectivity index (χ4n) is 2.79. The van der Waals surface area contributed by atoms with Crippen LogP contribution in [0.15, 0.2) is 24.3 Å². The summed E-state index contributed by atoms with van der Waals surface area (Å²) in [7, 11) is 0. The second-order valence-electron chi connectivity index (χ2n) is 6.66. The third kappa shape index (κ3) is 4.58. The van der Waals surface area contributed by atoms with Crippen LogP contribution in [-0.4, -0.2) is 17.9 Å². The van der Waals surface area contributed by atoms with E-state index in [9.17, 15) is 9.59 Å². The maximum atomic E-state index is 11.9. The lowest BCUT2D eigenvalue weighted by atomic mass is 9.87. The van der Waals surface area contributed by atoms with Crippen LogP contribution in [0.3, 0.4) is 0 Å². The lowest BCUT2D eigenvalue weighted by Crippen LogP contribution is -2.43. The molecule has 1 aliphatic carbocycles. The number of hydrogen-bond donors (Lipinski definition) is 2. The molecule has 120 valence electrons. The van der Waals surface area contributed by atoms with E-state index >= 15 is 0 Å². The number of rotatable bonds is 3. The molecule has 1 fully saturated rings. The van der Waals surface area contributed by atoms with Crippen LogP contribution in [0.1, 0.15) is 57.9 Å². The molecule has 1 aromatic carbocycles. The van der Waals surface area contributed by atoms with E-state index in [0.717, 1.165) is 31.6 Å². The lowest BCUT2D eigenvalue weighted by molar-refractivity contribution is -0.136. The van der Waals surface area contributed by atoms with E-state index in [-0.39, 0.29) is 6.04 Å². The van der Waals surface area contributed by atoms with Crippen LogP contribution in [0.5, 0.6) is 0 Å². The number of carbonyl (C=O) groups is 2. The minimum absolute atomic E-state index is 0.137. The van der Waals surface area contributed by atoms with Gasteiger partial charge in [-0.2, -0.15) is 0 Å². The SMILES string of the molecule is CC1CCC(NC(=O)C(=O)Nc2ccc(C(C)C)cc2)CC1. The molecule has 0 radical (unpaired) electrons. The molecule has 1 aromatic rings. The Hall–Kier alpha value is -1.84. The molecular formula is C18H26N2O2. The molecule has 2 rings (SSSR count). The first-order valence-corrected chi connectivity index (χ1v) is 8.17. The Kier molecular flexibility index (Phi) is 5.58. The summed E-state index contributed by atoms with van der Waals surface area (Å²) in [6.07, 6.45) is 4.15. The maximum Gasteiger partial charge on any atom is 0.313 e. The molecule has 1 saturated carbocycles. The van der Waals surface area contributed by atoms with Gasteiger partial charge in [-0.1, -0.05) is 32.9 Å². The fraction of sp³-hybridized carbons (Fsp3) is 0.556. The summed E-state index contributed by atoms with van der Waals surface area (Å²) in [6.45, 7) is 6.46. The number of hydrogen-bond acceptors (Lipinski definition) is 2. The average molecular weight is 302 g/mol. The van der Waals surface area contributed by atoms with Gasteiger partial charge in [0, 0.05) is 11.7 Å². The average Bonchev–Trinajstić information content (AvgIpc) is 2.50. The quantitative estimate of drug-likeness (QED) is 0.840. The van der Waals surface area contributed by atoms with Crippen molar-refractivity contribution in [2.45, 2.75) is 58.4 Å². The smallest absolute Gasteiger partial charge is 0.313 e. The highest BCUT2D eigenvalue weighted by atomic mass is 16.2. The molecule has 1 aliphatic rings. The largest absolute Gasteiger partial charge is 0.345 e. The third-order valence-electron chi connectivity index (χ3n) is 4.39. The van der Waals surface area contributed by atoms with E-state index in [1.54, 1.807) is 0 Å². The number of anilines is 1. The Morgan fingerprint density at radius 3 is 2.14 bits per heavy atom. The van der Waals surface area contributed by atoms with Crippen molar-refractivity contribution in [3.8, 4) is 0 Å². The van der Waals surface area contributed by atoms with Gasteiger partial charge in [-0.05, 0) is 55.2 Å². The Morgan fingerprint density at radius 1 is 1.00 bits per heavy atom. The van der Waals surface area contributed by atoms with E-state index in [1.165, 1.54) is 5.56 Å². The van der Waals surface area contributed by atoms with Crippen molar-refractivity contribution in [1.82, 2.24) is 5.32 Å². The van der Waals surface area contributed by atoms with Crippen molar-refractivity contribution in [2.24, 2.45) is 5.92 Å². The standard InChI is InChI=1S/C18H26N2O2/c1-12(2)14-6-10-16(11-7-14)20-18(22)17(21)19-15-8-4-13(3)5-9-15/h6-7,10-13,15H,4-5,8-9H2,1-3H3,(H,19,21)(H,20,22). The number of nitrogens with one attached hydrogen (secondary N) is 2. The number of benzene rings is 1. The molecule has 0 unspecified atom stereocenters. The van der Waals surface area contributed by atoms with Gasteiger partial charge in [-0.3, -0.25) is 9.59 Å². The van der Waals surface area contributed by atoms with Crippen LogP contribution >= 0.6 is 0 Å².